The molecule has 0 aromatic heterocycles. The molecule has 0 saturated heterocycles. The van der Waals surface area contributed by atoms with Crippen molar-refractivity contribution in [2.24, 2.45) is 0 Å². The van der Waals surface area contributed by atoms with Crippen molar-refractivity contribution in [3.8, 4) is 5.75 Å². The molecular weight excluding hydrogens is 562 g/mol. The second kappa shape index (κ2) is 15.0. The molecule has 1 saturated carbocycles. The predicted molar refractivity (Wildman–Crippen MR) is 170 cm³/mol. The van der Waals surface area contributed by atoms with Gasteiger partial charge in [0.2, 0.25) is 11.8 Å². The van der Waals surface area contributed by atoms with E-state index in [1.165, 1.54) is 4.90 Å². The fourth-order valence-corrected chi connectivity index (χ4v) is 6.86. The molecule has 3 aromatic carbocycles. The van der Waals surface area contributed by atoms with E-state index in [4.69, 9.17) is 4.74 Å². The Morgan fingerprint density at radius 3 is 2.26 bits per heavy atom. The van der Waals surface area contributed by atoms with Crippen LogP contribution in [0, 0.1) is 6.92 Å². The van der Waals surface area contributed by atoms with Crippen LogP contribution in [0.5, 0.6) is 5.75 Å². The largest absolute Gasteiger partial charge is 0.492 e. The van der Waals surface area contributed by atoms with E-state index in [0.29, 0.717) is 18.8 Å². The highest BCUT2D eigenvalue weighted by Gasteiger charge is 2.34. The number of carbonyl (C=O) groups is 2. The first-order chi connectivity index (χ1) is 20.7. The first kappa shape index (κ1) is 32.1. The van der Waals surface area contributed by atoms with E-state index in [1.807, 2.05) is 44.2 Å². The Labute approximate surface area is 256 Å². The van der Waals surface area contributed by atoms with E-state index in [-0.39, 0.29) is 29.1 Å². The molecule has 1 aliphatic rings. The molecule has 0 unspecified atom stereocenters. The van der Waals surface area contributed by atoms with Gasteiger partial charge in [-0.05, 0) is 69.9 Å². The third-order valence-corrected chi connectivity index (χ3v) is 9.70. The Morgan fingerprint density at radius 1 is 0.930 bits per heavy atom. The number of ether oxygens (including phenoxy) is 1. The van der Waals surface area contributed by atoms with Crippen molar-refractivity contribution in [1.82, 2.24) is 10.2 Å². The SMILES string of the molecule is CCOc1ccccc1N(CC(=O)N(CCc1ccccc1)[C@H](C)C(=O)NC1CCCCC1)S(=O)(=O)c1ccc(C)cc1. The first-order valence-electron chi connectivity index (χ1n) is 15.2. The van der Waals surface area contributed by atoms with Crippen LogP contribution >= 0.6 is 0 Å². The summed E-state index contributed by atoms with van der Waals surface area (Å²) in [6, 6.07) is 22.4. The van der Waals surface area contributed by atoms with Gasteiger partial charge in [0.15, 0.2) is 0 Å². The van der Waals surface area contributed by atoms with Gasteiger partial charge < -0.3 is 15.0 Å². The zero-order valence-electron chi connectivity index (χ0n) is 25.4. The monoisotopic (exact) mass is 605 g/mol. The predicted octanol–water partition coefficient (Wildman–Crippen LogP) is 5.50. The van der Waals surface area contributed by atoms with Crippen LogP contribution in [0.25, 0.3) is 0 Å². The molecular formula is C34H43N3O5S. The Hall–Kier alpha value is -3.85. The van der Waals surface area contributed by atoms with Crippen LogP contribution in [0.1, 0.15) is 57.1 Å². The van der Waals surface area contributed by atoms with E-state index < -0.39 is 28.5 Å². The Morgan fingerprint density at radius 2 is 1.58 bits per heavy atom. The average Bonchev–Trinajstić information content (AvgIpc) is 3.01. The lowest BCUT2D eigenvalue weighted by Gasteiger charge is -2.33. The normalized spacial score (nSPS) is 14.5. The fourth-order valence-electron chi connectivity index (χ4n) is 5.43. The number of sulfonamides is 1. The third-order valence-electron chi connectivity index (χ3n) is 7.92. The smallest absolute Gasteiger partial charge is 0.264 e. The van der Waals surface area contributed by atoms with Crippen molar-refractivity contribution < 1.29 is 22.7 Å². The van der Waals surface area contributed by atoms with Gasteiger partial charge >= 0.3 is 0 Å². The highest BCUT2D eigenvalue weighted by Crippen LogP contribution is 2.33. The summed E-state index contributed by atoms with van der Waals surface area (Å²) < 4.78 is 35.1. The minimum Gasteiger partial charge on any atom is -0.492 e. The molecule has 1 aliphatic carbocycles. The third kappa shape index (κ3) is 8.38. The molecule has 0 aliphatic heterocycles. The Kier molecular flexibility index (Phi) is 11.2. The fraction of sp³-hybridized carbons (Fsp3) is 0.412. The minimum atomic E-state index is -4.17. The first-order valence-corrected chi connectivity index (χ1v) is 16.6. The van der Waals surface area contributed by atoms with E-state index in [2.05, 4.69) is 5.32 Å². The molecule has 3 aromatic rings. The maximum atomic E-state index is 14.2. The molecule has 4 rings (SSSR count). The summed E-state index contributed by atoms with van der Waals surface area (Å²) in [4.78, 5) is 29.2. The van der Waals surface area contributed by atoms with Gasteiger partial charge in [-0.3, -0.25) is 13.9 Å². The number of hydrogen-bond acceptors (Lipinski definition) is 5. The quantitative estimate of drug-likeness (QED) is 0.278. The molecule has 0 heterocycles. The highest BCUT2D eigenvalue weighted by molar-refractivity contribution is 7.92. The van der Waals surface area contributed by atoms with Crippen LogP contribution in [-0.4, -0.2) is 56.9 Å². The number of rotatable bonds is 13. The summed E-state index contributed by atoms with van der Waals surface area (Å²) in [6.45, 7) is 5.51. The second-order valence-corrected chi connectivity index (χ2v) is 12.9. The number of nitrogens with one attached hydrogen (secondary N) is 1. The van der Waals surface area contributed by atoms with Crippen molar-refractivity contribution >= 4 is 27.5 Å². The van der Waals surface area contributed by atoms with Gasteiger partial charge in [0.1, 0.15) is 18.3 Å². The van der Waals surface area contributed by atoms with Gasteiger partial charge in [-0.1, -0.05) is 79.4 Å². The number of anilines is 1. The maximum Gasteiger partial charge on any atom is 0.264 e. The zero-order valence-corrected chi connectivity index (χ0v) is 26.2. The van der Waals surface area contributed by atoms with Crippen LogP contribution in [0.15, 0.2) is 83.8 Å². The summed E-state index contributed by atoms with van der Waals surface area (Å²) in [5, 5.41) is 3.14. The number of hydrogen-bond donors (Lipinski definition) is 1. The molecule has 1 atom stereocenters. The lowest BCUT2D eigenvalue weighted by Crippen LogP contribution is -2.53. The zero-order chi connectivity index (χ0) is 30.8. The van der Waals surface area contributed by atoms with Crippen LogP contribution < -0.4 is 14.4 Å². The van der Waals surface area contributed by atoms with E-state index in [9.17, 15) is 18.0 Å². The molecule has 9 heteroatoms. The molecule has 230 valence electrons. The molecule has 0 bridgehead atoms. The van der Waals surface area contributed by atoms with E-state index >= 15 is 0 Å². The van der Waals surface area contributed by atoms with Gasteiger partial charge in [-0.25, -0.2) is 8.42 Å². The lowest BCUT2D eigenvalue weighted by molar-refractivity contribution is -0.139. The topological polar surface area (TPSA) is 96.0 Å². The standard InChI is InChI=1S/C34H43N3O5S/c1-4-42-32-18-12-11-17-31(32)37(43(40,41)30-21-19-26(2)20-22-30)25-33(38)36(24-23-28-13-7-5-8-14-28)27(3)34(39)35-29-15-9-6-10-16-29/h5,7-8,11-14,17-22,27,29H,4,6,9-10,15-16,23-25H2,1-3H3,(H,35,39)/t27-/m1/s1. The van der Waals surface area contributed by atoms with Gasteiger partial charge in [0, 0.05) is 12.6 Å². The number of benzene rings is 3. The molecule has 0 radical (unpaired) electrons. The number of aryl methyl sites for hydroxylation is 1. The van der Waals surface area contributed by atoms with Crippen LogP contribution in [0.3, 0.4) is 0 Å². The molecule has 43 heavy (non-hydrogen) atoms. The Bertz CT molecular complexity index is 1450. The van der Waals surface area contributed by atoms with Gasteiger partial charge in [-0.15, -0.1) is 0 Å². The van der Waals surface area contributed by atoms with Crippen LogP contribution in [-0.2, 0) is 26.0 Å². The van der Waals surface area contributed by atoms with Crippen molar-refractivity contribution in [3.63, 3.8) is 0 Å². The summed E-state index contributed by atoms with van der Waals surface area (Å²) in [5.74, 6) is -0.340. The summed E-state index contributed by atoms with van der Waals surface area (Å²) >= 11 is 0. The number of carbonyl (C=O) groups excluding carboxylic acids is 2. The molecule has 1 N–H and O–H groups in total. The molecule has 0 spiro atoms. The van der Waals surface area contributed by atoms with Crippen molar-refractivity contribution in [2.75, 3.05) is 24.0 Å². The molecule has 2 amide bonds. The van der Waals surface area contributed by atoms with E-state index in [1.54, 1.807) is 55.5 Å². The van der Waals surface area contributed by atoms with Gasteiger partial charge in [0.25, 0.3) is 10.0 Å². The van der Waals surface area contributed by atoms with E-state index in [0.717, 1.165) is 47.5 Å². The average molecular weight is 606 g/mol. The minimum absolute atomic E-state index is 0.0659. The van der Waals surface area contributed by atoms with Crippen LogP contribution in [0.4, 0.5) is 5.69 Å². The maximum absolute atomic E-state index is 14.2. The number of amides is 2. The molecule has 8 nitrogen and oxygen atoms in total. The summed E-state index contributed by atoms with van der Waals surface area (Å²) in [5.41, 5.74) is 2.20. The highest BCUT2D eigenvalue weighted by atomic mass is 32.2. The summed E-state index contributed by atoms with van der Waals surface area (Å²) in [6.07, 6.45) is 5.68. The van der Waals surface area contributed by atoms with Crippen molar-refractivity contribution in [1.29, 1.82) is 0 Å². The second-order valence-electron chi connectivity index (χ2n) is 11.1. The molecule has 1 fully saturated rings. The lowest BCUT2D eigenvalue weighted by atomic mass is 9.95. The number of nitrogens with zero attached hydrogens (tertiary/aromatic N) is 2. The van der Waals surface area contributed by atoms with Crippen molar-refractivity contribution in [3.05, 3.63) is 90.0 Å². The Balaban J connectivity index is 1.67. The van der Waals surface area contributed by atoms with Crippen molar-refractivity contribution in [2.45, 2.75) is 76.3 Å². The van der Waals surface area contributed by atoms with Gasteiger partial charge in [0.05, 0.1) is 17.2 Å². The van der Waals surface area contributed by atoms with Crippen LogP contribution in [0.2, 0.25) is 0 Å². The van der Waals surface area contributed by atoms with Gasteiger partial charge in [-0.2, -0.15) is 0 Å². The number of para-hydroxylation sites is 2. The summed E-state index contributed by atoms with van der Waals surface area (Å²) in [7, 11) is -4.17.